The Labute approximate surface area is 142 Å². The number of rotatable bonds is 4. The van der Waals surface area contributed by atoms with E-state index in [0.29, 0.717) is 23.5 Å². The fraction of sp³-hybridized carbons (Fsp3) is 0.533. The SMILES string of the molecule is Cc1cc(C(=O)OCC(=O)NN2C(=O)NC3(CCCCC3)C2=O)on1. The van der Waals surface area contributed by atoms with Crippen molar-refractivity contribution in [2.45, 2.75) is 44.6 Å². The van der Waals surface area contributed by atoms with Gasteiger partial charge in [0.2, 0.25) is 5.76 Å². The van der Waals surface area contributed by atoms with Crippen LogP contribution in [0.2, 0.25) is 0 Å². The highest BCUT2D eigenvalue weighted by atomic mass is 16.6. The van der Waals surface area contributed by atoms with Gasteiger partial charge in [0.05, 0.1) is 5.69 Å². The van der Waals surface area contributed by atoms with Crippen molar-refractivity contribution in [1.29, 1.82) is 0 Å². The molecule has 2 fully saturated rings. The maximum absolute atomic E-state index is 12.5. The van der Waals surface area contributed by atoms with E-state index in [1.165, 1.54) is 6.07 Å². The summed E-state index contributed by atoms with van der Waals surface area (Å²) in [6.07, 6.45) is 3.77. The lowest BCUT2D eigenvalue weighted by Crippen LogP contribution is -2.51. The standard InChI is InChI=1S/C15H18N4O6/c1-9-7-10(25-18-9)12(21)24-8-11(20)17-19-13(22)15(16-14(19)23)5-3-2-4-6-15/h7H,2-6,8H2,1H3,(H,16,23)(H,17,20). The quantitative estimate of drug-likeness (QED) is 0.594. The highest BCUT2D eigenvalue weighted by Crippen LogP contribution is 2.32. The minimum absolute atomic E-state index is 0.138. The van der Waals surface area contributed by atoms with Gasteiger partial charge in [0, 0.05) is 6.07 Å². The molecule has 0 aromatic carbocycles. The van der Waals surface area contributed by atoms with Crippen LogP contribution in [0, 0.1) is 6.92 Å². The number of imide groups is 1. The Morgan fingerprint density at radius 1 is 1.36 bits per heavy atom. The van der Waals surface area contributed by atoms with E-state index in [4.69, 9.17) is 9.26 Å². The number of aryl methyl sites for hydroxylation is 1. The molecule has 1 aliphatic heterocycles. The Hall–Kier alpha value is -2.91. The molecule has 2 aliphatic rings. The van der Waals surface area contributed by atoms with E-state index in [0.717, 1.165) is 19.3 Å². The van der Waals surface area contributed by atoms with Gasteiger partial charge in [0.25, 0.3) is 11.8 Å². The summed E-state index contributed by atoms with van der Waals surface area (Å²) < 4.78 is 9.48. The molecule has 1 saturated heterocycles. The molecule has 10 heteroatoms. The van der Waals surface area contributed by atoms with Crippen LogP contribution in [0.15, 0.2) is 10.6 Å². The largest absolute Gasteiger partial charge is 0.450 e. The third-order valence-corrected chi connectivity index (χ3v) is 4.27. The molecule has 25 heavy (non-hydrogen) atoms. The molecule has 1 aliphatic carbocycles. The van der Waals surface area contributed by atoms with Crippen molar-refractivity contribution in [1.82, 2.24) is 20.9 Å². The van der Waals surface area contributed by atoms with Crippen LogP contribution in [0.25, 0.3) is 0 Å². The molecule has 134 valence electrons. The lowest BCUT2D eigenvalue weighted by molar-refractivity contribution is -0.140. The van der Waals surface area contributed by atoms with E-state index in [2.05, 4.69) is 15.9 Å². The number of carbonyl (C=O) groups excluding carboxylic acids is 4. The molecule has 4 amide bonds. The molecule has 0 bridgehead atoms. The summed E-state index contributed by atoms with van der Waals surface area (Å²) in [6, 6.07) is 0.683. The van der Waals surface area contributed by atoms with E-state index in [-0.39, 0.29) is 5.76 Å². The number of hydrazine groups is 1. The second-order valence-electron chi connectivity index (χ2n) is 6.16. The van der Waals surface area contributed by atoms with Gasteiger partial charge in [-0.25, -0.2) is 9.59 Å². The second kappa shape index (κ2) is 6.54. The van der Waals surface area contributed by atoms with E-state index in [1.807, 2.05) is 0 Å². The molecular formula is C15H18N4O6. The molecule has 3 rings (SSSR count). The molecule has 0 atom stereocenters. The zero-order valence-electron chi connectivity index (χ0n) is 13.7. The van der Waals surface area contributed by atoms with Gasteiger partial charge in [-0.05, 0) is 19.8 Å². The van der Waals surface area contributed by atoms with Gasteiger partial charge in [-0.15, -0.1) is 0 Å². The second-order valence-corrected chi connectivity index (χ2v) is 6.16. The van der Waals surface area contributed by atoms with Crippen LogP contribution < -0.4 is 10.7 Å². The van der Waals surface area contributed by atoms with Gasteiger partial charge >= 0.3 is 12.0 Å². The van der Waals surface area contributed by atoms with Gasteiger partial charge in [0.1, 0.15) is 5.54 Å². The predicted molar refractivity (Wildman–Crippen MR) is 80.9 cm³/mol. The number of nitrogens with zero attached hydrogens (tertiary/aromatic N) is 2. The molecule has 1 aromatic heterocycles. The zero-order valence-corrected chi connectivity index (χ0v) is 13.7. The van der Waals surface area contributed by atoms with Crippen molar-refractivity contribution >= 4 is 23.8 Å². The topological polar surface area (TPSA) is 131 Å². The first-order valence-electron chi connectivity index (χ1n) is 7.98. The number of ether oxygens (including phenoxy) is 1. The Bertz CT molecular complexity index is 721. The molecule has 2 N–H and O–H groups in total. The number of hydrogen-bond acceptors (Lipinski definition) is 7. The van der Waals surface area contributed by atoms with Gasteiger partial charge in [-0.1, -0.05) is 24.4 Å². The van der Waals surface area contributed by atoms with Crippen molar-refractivity contribution < 1.29 is 28.4 Å². The van der Waals surface area contributed by atoms with Crippen LogP contribution in [0.5, 0.6) is 0 Å². The summed E-state index contributed by atoms with van der Waals surface area (Å²) >= 11 is 0. The van der Waals surface area contributed by atoms with E-state index >= 15 is 0 Å². The highest BCUT2D eigenvalue weighted by Gasteiger charge is 2.52. The van der Waals surface area contributed by atoms with Crippen LogP contribution in [0.1, 0.15) is 48.4 Å². The van der Waals surface area contributed by atoms with E-state index in [9.17, 15) is 19.2 Å². The lowest BCUT2D eigenvalue weighted by Gasteiger charge is -2.30. The minimum atomic E-state index is -0.934. The van der Waals surface area contributed by atoms with E-state index < -0.39 is 36.0 Å². The first-order chi connectivity index (χ1) is 11.9. The maximum atomic E-state index is 12.5. The fourth-order valence-electron chi connectivity index (χ4n) is 3.04. The van der Waals surface area contributed by atoms with Gasteiger partial charge in [-0.2, -0.15) is 5.01 Å². The molecule has 2 heterocycles. The monoisotopic (exact) mass is 350 g/mol. The maximum Gasteiger partial charge on any atom is 0.377 e. The number of urea groups is 1. The summed E-state index contributed by atoms with van der Waals surface area (Å²) in [5, 5.41) is 6.85. The van der Waals surface area contributed by atoms with Crippen molar-refractivity contribution in [2.75, 3.05) is 6.61 Å². The summed E-state index contributed by atoms with van der Waals surface area (Å²) in [6.45, 7) is 0.967. The Morgan fingerprint density at radius 2 is 2.08 bits per heavy atom. The number of amides is 4. The van der Waals surface area contributed by atoms with Gasteiger partial charge in [0.15, 0.2) is 6.61 Å². The molecule has 0 radical (unpaired) electrons. The third kappa shape index (κ3) is 3.32. The highest BCUT2D eigenvalue weighted by molar-refractivity contribution is 6.08. The molecule has 1 aromatic rings. The summed E-state index contributed by atoms with van der Waals surface area (Å²) in [7, 11) is 0. The van der Waals surface area contributed by atoms with E-state index in [1.54, 1.807) is 6.92 Å². The van der Waals surface area contributed by atoms with Crippen molar-refractivity contribution in [3.8, 4) is 0 Å². The smallest absolute Gasteiger partial charge is 0.377 e. The summed E-state index contributed by atoms with van der Waals surface area (Å²) in [5.41, 5.74) is 1.73. The van der Waals surface area contributed by atoms with Crippen molar-refractivity contribution in [3.63, 3.8) is 0 Å². The lowest BCUT2D eigenvalue weighted by atomic mass is 9.82. The average molecular weight is 350 g/mol. The number of nitrogens with one attached hydrogen (secondary N) is 2. The Kier molecular flexibility index (Phi) is 4.43. The van der Waals surface area contributed by atoms with Crippen LogP contribution in [-0.2, 0) is 14.3 Å². The predicted octanol–water partition coefficient (Wildman–Crippen LogP) is 0.426. The third-order valence-electron chi connectivity index (χ3n) is 4.27. The number of hydrogen-bond donors (Lipinski definition) is 2. The van der Waals surface area contributed by atoms with Crippen LogP contribution >= 0.6 is 0 Å². The summed E-state index contributed by atoms with van der Waals surface area (Å²) in [4.78, 5) is 48.1. The average Bonchev–Trinajstić information content (AvgIpc) is 3.11. The van der Waals surface area contributed by atoms with Crippen LogP contribution in [0.3, 0.4) is 0 Å². The fourth-order valence-corrected chi connectivity index (χ4v) is 3.04. The normalized spacial score (nSPS) is 19.0. The van der Waals surface area contributed by atoms with Crippen molar-refractivity contribution in [3.05, 3.63) is 17.5 Å². The number of carbonyl (C=O) groups is 4. The first kappa shape index (κ1) is 16.9. The first-order valence-corrected chi connectivity index (χ1v) is 7.98. The number of esters is 1. The van der Waals surface area contributed by atoms with Crippen molar-refractivity contribution in [2.24, 2.45) is 0 Å². The van der Waals surface area contributed by atoms with Crippen LogP contribution in [-0.4, -0.2) is 46.1 Å². The minimum Gasteiger partial charge on any atom is -0.450 e. The molecule has 10 nitrogen and oxygen atoms in total. The molecule has 0 unspecified atom stereocenters. The molecule has 1 saturated carbocycles. The number of aromatic nitrogens is 1. The Morgan fingerprint density at radius 3 is 2.72 bits per heavy atom. The Balaban J connectivity index is 1.55. The van der Waals surface area contributed by atoms with Gasteiger partial charge in [-0.3, -0.25) is 15.0 Å². The zero-order chi connectivity index (χ0) is 18.0. The summed E-state index contributed by atoms with van der Waals surface area (Å²) in [5.74, 6) is -2.29. The van der Waals surface area contributed by atoms with Gasteiger partial charge < -0.3 is 14.6 Å². The van der Waals surface area contributed by atoms with Crippen LogP contribution in [0.4, 0.5) is 4.79 Å². The molecule has 1 spiro atoms. The molecular weight excluding hydrogens is 332 g/mol.